The minimum atomic E-state index is 0.206. The Balaban J connectivity index is 1.25. The van der Waals surface area contributed by atoms with Crippen LogP contribution in [0.1, 0.15) is 17.5 Å². The van der Waals surface area contributed by atoms with E-state index in [2.05, 4.69) is 11.0 Å². The van der Waals surface area contributed by atoms with E-state index < -0.39 is 0 Å². The molecule has 1 saturated heterocycles. The van der Waals surface area contributed by atoms with Gasteiger partial charge in [0.05, 0.1) is 0 Å². The maximum absolute atomic E-state index is 12.5. The number of benzene rings is 2. The summed E-state index contributed by atoms with van der Waals surface area (Å²) in [6, 6.07) is 13.8. The van der Waals surface area contributed by atoms with Gasteiger partial charge in [-0.3, -0.25) is 9.69 Å². The highest BCUT2D eigenvalue weighted by Crippen LogP contribution is 2.32. The van der Waals surface area contributed by atoms with Crippen molar-refractivity contribution in [2.75, 3.05) is 33.0 Å². The first-order chi connectivity index (χ1) is 13.2. The average molecular weight is 387 g/mol. The lowest BCUT2D eigenvalue weighted by atomic mass is 10.1. The smallest absolute Gasteiger partial charge is 0.231 e. The number of hydrogen-bond acceptors (Lipinski definition) is 4. The molecular formula is C21H23ClN2O3. The molecule has 0 atom stereocenters. The molecule has 1 fully saturated rings. The van der Waals surface area contributed by atoms with Crippen LogP contribution in [0.5, 0.6) is 11.5 Å². The van der Waals surface area contributed by atoms with Gasteiger partial charge in [0.2, 0.25) is 12.7 Å². The molecule has 0 saturated carbocycles. The van der Waals surface area contributed by atoms with E-state index >= 15 is 0 Å². The Labute approximate surface area is 164 Å². The third-order valence-electron chi connectivity index (χ3n) is 5.13. The summed E-state index contributed by atoms with van der Waals surface area (Å²) in [5.74, 6) is 1.84. The van der Waals surface area contributed by atoms with Crippen LogP contribution in [0.3, 0.4) is 0 Å². The van der Waals surface area contributed by atoms with Crippen molar-refractivity contribution in [1.82, 2.24) is 9.80 Å². The lowest BCUT2D eigenvalue weighted by Crippen LogP contribution is -2.48. The highest BCUT2D eigenvalue weighted by atomic mass is 35.5. The third kappa shape index (κ3) is 4.37. The molecule has 2 heterocycles. The Morgan fingerprint density at radius 1 is 1.00 bits per heavy atom. The van der Waals surface area contributed by atoms with E-state index in [0.29, 0.717) is 19.6 Å². The molecule has 2 aromatic rings. The summed E-state index contributed by atoms with van der Waals surface area (Å²) in [5.41, 5.74) is 2.24. The van der Waals surface area contributed by atoms with Crippen molar-refractivity contribution in [3.8, 4) is 11.5 Å². The van der Waals surface area contributed by atoms with Crippen LogP contribution in [0.25, 0.3) is 0 Å². The highest BCUT2D eigenvalue weighted by Gasteiger charge is 2.22. The predicted molar refractivity (Wildman–Crippen MR) is 104 cm³/mol. The number of fused-ring (bicyclic) bond motifs is 1. The minimum absolute atomic E-state index is 0.206. The monoisotopic (exact) mass is 386 g/mol. The normalized spacial score (nSPS) is 16.6. The molecule has 4 rings (SSSR count). The number of aryl methyl sites for hydroxylation is 1. The van der Waals surface area contributed by atoms with E-state index in [0.717, 1.165) is 54.8 Å². The second-order valence-electron chi connectivity index (χ2n) is 6.94. The number of halogens is 1. The molecule has 2 aliphatic heterocycles. The van der Waals surface area contributed by atoms with Crippen molar-refractivity contribution < 1.29 is 14.3 Å². The van der Waals surface area contributed by atoms with Crippen LogP contribution in [0.2, 0.25) is 5.02 Å². The van der Waals surface area contributed by atoms with Crippen molar-refractivity contribution in [2.24, 2.45) is 0 Å². The second-order valence-corrected chi connectivity index (χ2v) is 7.34. The first-order valence-electron chi connectivity index (χ1n) is 9.31. The molecule has 0 radical (unpaired) electrons. The van der Waals surface area contributed by atoms with Crippen LogP contribution < -0.4 is 9.47 Å². The SMILES string of the molecule is O=C(CCc1ccccc1Cl)N1CCN(Cc2ccc3c(c2)OCO3)CC1. The zero-order valence-corrected chi connectivity index (χ0v) is 16.0. The van der Waals surface area contributed by atoms with E-state index in [1.54, 1.807) is 0 Å². The molecule has 1 amide bonds. The molecule has 27 heavy (non-hydrogen) atoms. The summed E-state index contributed by atoms with van der Waals surface area (Å²) in [4.78, 5) is 16.8. The first-order valence-corrected chi connectivity index (χ1v) is 9.69. The van der Waals surface area contributed by atoms with Gasteiger partial charge in [0.25, 0.3) is 0 Å². The minimum Gasteiger partial charge on any atom is -0.454 e. The molecule has 142 valence electrons. The molecule has 5 nitrogen and oxygen atoms in total. The van der Waals surface area contributed by atoms with E-state index in [1.165, 1.54) is 5.56 Å². The molecule has 2 aliphatic rings. The van der Waals surface area contributed by atoms with Crippen molar-refractivity contribution in [1.29, 1.82) is 0 Å². The Morgan fingerprint density at radius 2 is 1.78 bits per heavy atom. The van der Waals surface area contributed by atoms with Gasteiger partial charge in [0, 0.05) is 44.2 Å². The summed E-state index contributed by atoms with van der Waals surface area (Å²) < 4.78 is 10.8. The van der Waals surface area contributed by atoms with Crippen LogP contribution in [0.15, 0.2) is 42.5 Å². The van der Waals surface area contributed by atoms with Crippen molar-refractivity contribution in [2.45, 2.75) is 19.4 Å². The van der Waals surface area contributed by atoms with Crippen LogP contribution >= 0.6 is 11.6 Å². The summed E-state index contributed by atoms with van der Waals surface area (Å²) in [7, 11) is 0. The molecule has 0 unspecified atom stereocenters. The summed E-state index contributed by atoms with van der Waals surface area (Å²) in [6.45, 7) is 4.46. The molecular weight excluding hydrogens is 364 g/mol. The Hall–Kier alpha value is -2.24. The molecule has 2 aromatic carbocycles. The number of hydrogen-bond donors (Lipinski definition) is 0. The first kappa shape index (κ1) is 18.1. The summed E-state index contributed by atoms with van der Waals surface area (Å²) in [6.07, 6.45) is 1.20. The summed E-state index contributed by atoms with van der Waals surface area (Å²) in [5, 5.41) is 0.735. The van der Waals surface area contributed by atoms with Crippen LogP contribution in [0, 0.1) is 0 Å². The molecule has 0 N–H and O–H groups in total. The van der Waals surface area contributed by atoms with Gasteiger partial charge in [0.15, 0.2) is 11.5 Å². The van der Waals surface area contributed by atoms with Gasteiger partial charge in [-0.1, -0.05) is 35.9 Å². The zero-order valence-electron chi connectivity index (χ0n) is 15.2. The highest BCUT2D eigenvalue weighted by molar-refractivity contribution is 6.31. The van der Waals surface area contributed by atoms with Crippen LogP contribution in [-0.2, 0) is 17.8 Å². The number of piperazine rings is 1. The number of carbonyl (C=O) groups is 1. The Kier molecular flexibility index (Phi) is 5.50. The number of carbonyl (C=O) groups excluding carboxylic acids is 1. The van der Waals surface area contributed by atoms with Crippen LogP contribution in [0.4, 0.5) is 0 Å². The average Bonchev–Trinajstić information content (AvgIpc) is 3.15. The Morgan fingerprint density at radius 3 is 2.59 bits per heavy atom. The number of amides is 1. The maximum atomic E-state index is 12.5. The molecule has 6 heteroatoms. The van der Waals surface area contributed by atoms with Crippen LogP contribution in [-0.4, -0.2) is 48.7 Å². The fourth-order valence-electron chi connectivity index (χ4n) is 3.55. The van der Waals surface area contributed by atoms with E-state index in [1.807, 2.05) is 41.3 Å². The van der Waals surface area contributed by atoms with Crippen molar-refractivity contribution in [3.63, 3.8) is 0 Å². The van der Waals surface area contributed by atoms with Gasteiger partial charge < -0.3 is 14.4 Å². The summed E-state index contributed by atoms with van der Waals surface area (Å²) >= 11 is 6.18. The lowest BCUT2D eigenvalue weighted by Gasteiger charge is -2.35. The van der Waals surface area contributed by atoms with Crippen molar-refractivity contribution in [3.05, 3.63) is 58.6 Å². The quantitative estimate of drug-likeness (QED) is 0.790. The fourth-order valence-corrected chi connectivity index (χ4v) is 3.78. The van der Waals surface area contributed by atoms with Gasteiger partial charge in [-0.25, -0.2) is 0 Å². The van der Waals surface area contributed by atoms with Crippen molar-refractivity contribution >= 4 is 17.5 Å². The standard InChI is InChI=1S/C21H23ClN2O3/c22-18-4-2-1-3-17(18)6-8-21(25)24-11-9-23(10-12-24)14-16-5-7-19-20(13-16)27-15-26-19/h1-5,7,13H,6,8-12,14-15H2. The van der Waals surface area contributed by atoms with E-state index in [-0.39, 0.29) is 5.91 Å². The van der Waals surface area contributed by atoms with Gasteiger partial charge in [-0.15, -0.1) is 0 Å². The maximum Gasteiger partial charge on any atom is 0.231 e. The predicted octanol–water partition coefficient (Wildman–Crippen LogP) is 3.35. The van der Waals surface area contributed by atoms with E-state index in [9.17, 15) is 4.79 Å². The molecule has 0 aromatic heterocycles. The largest absolute Gasteiger partial charge is 0.454 e. The Bertz CT molecular complexity index is 819. The van der Waals surface area contributed by atoms with E-state index in [4.69, 9.17) is 21.1 Å². The number of nitrogens with zero attached hydrogens (tertiary/aromatic N) is 2. The fraction of sp³-hybridized carbons (Fsp3) is 0.381. The lowest BCUT2D eigenvalue weighted by molar-refractivity contribution is -0.133. The molecule has 0 aliphatic carbocycles. The third-order valence-corrected chi connectivity index (χ3v) is 5.50. The number of ether oxygens (including phenoxy) is 2. The zero-order chi connectivity index (χ0) is 18.6. The van der Waals surface area contributed by atoms with Gasteiger partial charge in [0.1, 0.15) is 0 Å². The second kappa shape index (κ2) is 8.19. The van der Waals surface area contributed by atoms with Gasteiger partial charge in [-0.05, 0) is 35.7 Å². The molecule has 0 spiro atoms. The molecule has 0 bridgehead atoms. The van der Waals surface area contributed by atoms with Gasteiger partial charge in [-0.2, -0.15) is 0 Å². The van der Waals surface area contributed by atoms with Gasteiger partial charge >= 0.3 is 0 Å². The number of rotatable bonds is 5. The topological polar surface area (TPSA) is 42.0 Å².